The summed E-state index contributed by atoms with van der Waals surface area (Å²) in [6.07, 6.45) is 3.86. The molecule has 28 heavy (non-hydrogen) atoms. The highest BCUT2D eigenvalue weighted by Gasteiger charge is 2.09. The number of esters is 1. The summed E-state index contributed by atoms with van der Waals surface area (Å²) >= 11 is 0. The quantitative estimate of drug-likeness (QED) is 0.436. The van der Waals surface area contributed by atoms with Gasteiger partial charge in [0, 0.05) is 11.6 Å². The number of hydrogen-bond acceptors (Lipinski definition) is 5. The van der Waals surface area contributed by atoms with Gasteiger partial charge in [-0.2, -0.15) is 0 Å². The van der Waals surface area contributed by atoms with Crippen molar-refractivity contribution in [1.29, 1.82) is 0 Å². The summed E-state index contributed by atoms with van der Waals surface area (Å²) in [6.45, 7) is 2.69. The molecular weight excluding hydrogens is 360 g/mol. The third-order valence-corrected chi connectivity index (χ3v) is 3.65. The number of amides is 2. The summed E-state index contributed by atoms with van der Waals surface area (Å²) in [6, 6.07) is 13.2. The van der Waals surface area contributed by atoms with Gasteiger partial charge in [0.2, 0.25) is 0 Å². The Kier molecular flexibility index (Phi) is 7.77. The zero-order valence-corrected chi connectivity index (χ0v) is 15.7. The minimum Gasteiger partial charge on any atom is -0.494 e. The predicted molar refractivity (Wildman–Crippen MR) is 105 cm³/mol. The van der Waals surface area contributed by atoms with E-state index in [-0.39, 0.29) is 0 Å². The van der Waals surface area contributed by atoms with E-state index in [0.29, 0.717) is 17.7 Å². The average Bonchev–Trinajstić information content (AvgIpc) is 2.74. The second kappa shape index (κ2) is 10.5. The minimum absolute atomic E-state index is 0.291. The van der Waals surface area contributed by atoms with E-state index < -0.39 is 17.8 Å². The fourth-order valence-electron chi connectivity index (χ4n) is 2.17. The lowest BCUT2D eigenvalue weighted by Crippen LogP contribution is -2.40. The summed E-state index contributed by atoms with van der Waals surface area (Å²) in [5.41, 5.74) is 6.05. The van der Waals surface area contributed by atoms with Gasteiger partial charge in [-0.05, 0) is 54.5 Å². The van der Waals surface area contributed by atoms with Crippen molar-refractivity contribution in [3.8, 4) is 5.75 Å². The Labute approximate surface area is 163 Å². The van der Waals surface area contributed by atoms with Gasteiger partial charge in [-0.1, -0.05) is 19.1 Å². The molecule has 0 unspecified atom stereocenters. The molecule has 2 rings (SSSR count). The number of nitrogens with one attached hydrogen (secondary N) is 2. The minimum atomic E-state index is -0.504. The monoisotopic (exact) mass is 382 g/mol. The van der Waals surface area contributed by atoms with Crippen molar-refractivity contribution in [2.45, 2.75) is 13.3 Å². The van der Waals surface area contributed by atoms with E-state index in [1.54, 1.807) is 6.08 Å². The highest BCUT2D eigenvalue weighted by Crippen LogP contribution is 2.13. The van der Waals surface area contributed by atoms with Crippen LogP contribution in [0.2, 0.25) is 0 Å². The molecule has 0 aliphatic heterocycles. The van der Waals surface area contributed by atoms with Crippen LogP contribution in [0.3, 0.4) is 0 Å². The SMILES string of the molecule is CCCOc1ccc(/C=C/C(=O)NNC(=O)c2ccc(C(=O)OC)cc2)cc1. The highest BCUT2D eigenvalue weighted by molar-refractivity contribution is 5.98. The third kappa shape index (κ3) is 6.28. The van der Waals surface area contributed by atoms with Gasteiger partial charge in [-0.15, -0.1) is 0 Å². The number of carbonyl (C=O) groups excluding carboxylic acids is 3. The first-order valence-corrected chi connectivity index (χ1v) is 8.73. The number of hydrazine groups is 1. The Hall–Kier alpha value is -3.61. The first kappa shape index (κ1) is 20.7. The molecule has 7 heteroatoms. The smallest absolute Gasteiger partial charge is 0.337 e. The van der Waals surface area contributed by atoms with Gasteiger partial charge in [0.05, 0.1) is 19.3 Å². The van der Waals surface area contributed by atoms with Crippen molar-refractivity contribution in [1.82, 2.24) is 10.9 Å². The lowest BCUT2D eigenvalue weighted by atomic mass is 10.1. The Morgan fingerprint density at radius 1 is 0.929 bits per heavy atom. The van der Waals surface area contributed by atoms with Crippen LogP contribution < -0.4 is 15.6 Å². The maximum absolute atomic E-state index is 12.0. The summed E-state index contributed by atoms with van der Waals surface area (Å²) in [7, 11) is 1.28. The lowest BCUT2D eigenvalue weighted by Gasteiger charge is -2.06. The Balaban J connectivity index is 1.83. The molecule has 2 amide bonds. The lowest BCUT2D eigenvalue weighted by molar-refractivity contribution is -0.117. The molecule has 0 fully saturated rings. The van der Waals surface area contributed by atoms with Crippen LogP contribution in [0, 0.1) is 0 Å². The molecule has 0 heterocycles. The summed E-state index contributed by atoms with van der Waals surface area (Å²) in [5.74, 6) is -0.703. The van der Waals surface area contributed by atoms with Gasteiger partial charge in [0.1, 0.15) is 5.75 Å². The van der Waals surface area contributed by atoms with Crippen LogP contribution in [0.25, 0.3) is 6.08 Å². The van der Waals surface area contributed by atoms with Gasteiger partial charge in [-0.25, -0.2) is 4.79 Å². The fraction of sp³-hybridized carbons (Fsp3) is 0.190. The number of rotatable bonds is 7. The van der Waals surface area contributed by atoms with Crippen molar-refractivity contribution in [3.05, 3.63) is 71.3 Å². The Morgan fingerprint density at radius 3 is 2.18 bits per heavy atom. The fourth-order valence-corrected chi connectivity index (χ4v) is 2.17. The summed E-state index contributed by atoms with van der Waals surface area (Å²) in [4.78, 5) is 35.2. The number of benzene rings is 2. The third-order valence-electron chi connectivity index (χ3n) is 3.65. The molecule has 0 aliphatic rings. The van der Waals surface area contributed by atoms with Crippen molar-refractivity contribution in [2.75, 3.05) is 13.7 Å². The van der Waals surface area contributed by atoms with E-state index >= 15 is 0 Å². The van der Waals surface area contributed by atoms with Crippen LogP contribution in [0.4, 0.5) is 0 Å². The molecule has 0 radical (unpaired) electrons. The molecule has 0 aromatic heterocycles. The van der Waals surface area contributed by atoms with E-state index in [1.807, 2.05) is 31.2 Å². The van der Waals surface area contributed by atoms with E-state index in [0.717, 1.165) is 17.7 Å². The van der Waals surface area contributed by atoms with Crippen LogP contribution >= 0.6 is 0 Å². The number of ether oxygens (including phenoxy) is 2. The van der Waals surface area contributed by atoms with Crippen LogP contribution in [0.5, 0.6) is 5.75 Å². The molecule has 0 aliphatic carbocycles. The molecule has 0 bridgehead atoms. The van der Waals surface area contributed by atoms with Crippen LogP contribution in [-0.2, 0) is 9.53 Å². The molecule has 2 aromatic carbocycles. The predicted octanol–water partition coefficient (Wildman–Crippen LogP) is 2.74. The van der Waals surface area contributed by atoms with Gasteiger partial charge in [0.25, 0.3) is 11.8 Å². The average molecular weight is 382 g/mol. The van der Waals surface area contributed by atoms with Crippen molar-refractivity contribution in [2.24, 2.45) is 0 Å². The van der Waals surface area contributed by atoms with Crippen molar-refractivity contribution >= 4 is 23.9 Å². The van der Waals surface area contributed by atoms with E-state index in [1.165, 1.54) is 37.5 Å². The van der Waals surface area contributed by atoms with Crippen molar-refractivity contribution < 1.29 is 23.9 Å². The molecular formula is C21H22N2O5. The Bertz CT molecular complexity index is 842. The molecule has 2 aromatic rings. The van der Waals surface area contributed by atoms with Gasteiger partial charge >= 0.3 is 5.97 Å². The number of carbonyl (C=O) groups is 3. The normalized spacial score (nSPS) is 10.4. The van der Waals surface area contributed by atoms with Crippen LogP contribution in [-0.4, -0.2) is 31.5 Å². The van der Waals surface area contributed by atoms with Crippen LogP contribution in [0.1, 0.15) is 39.6 Å². The largest absolute Gasteiger partial charge is 0.494 e. The van der Waals surface area contributed by atoms with E-state index in [9.17, 15) is 14.4 Å². The van der Waals surface area contributed by atoms with Gasteiger partial charge in [0.15, 0.2) is 0 Å². The molecule has 2 N–H and O–H groups in total. The van der Waals surface area contributed by atoms with Gasteiger partial charge < -0.3 is 9.47 Å². The van der Waals surface area contributed by atoms with E-state index in [4.69, 9.17) is 4.74 Å². The zero-order chi connectivity index (χ0) is 20.4. The van der Waals surface area contributed by atoms with E-state index in [2.05, 4.69) is 15.6 Å². The molecule has 0 spiro atoms. The molecule has 0 saturated heterocycles. The second-order valence-corrected chi connectivity index (χ2v) is 5.76. The molecule has 146 valence electrons. The first-order valence-electron chi connectivity index (χ1n) is 8.73. The van der Waals surface area contributed by atoms with Crippen LogP contribution in [0.15, 0.2) is 54.6 Å². The first-order chi connectivity index (χ1) is 13.5. The second-order valence-electron chi connectivity index (χ2n) is 5.76. The summed E-state index contributed by atoms with van der Waals surface area (Å²) in [5, 5.41) is 0. The maximum atomic E-state index is 12.0. The molecule has 0 saturated carbocycles. The highest BCUT2D eigenvalue weighted by atomic mass is 16.5. The number of methoxy groups -OCH3 is 1. The number of hydrogen-bond donors (Lipinski definition) is 2. The topological polar surface area (TPSA) is 93.7 Å². The Morgan fingerprint density at radius 2 is 1.57 bits per heavy atom. The van der Waals surface area contributed by atoms with Crippen molar-refractivity contribution in [3.63, 3.8) is 0 Å². The molecule has 0 atom stereocenters. The standard InChI is InChI=1S/C21H22N2O5/c1-3-14-28-18-11-4-15(5-12-18)6-13-19(24)22-23-20(25)16-7-9-17(10-8-16)21(26)27-2/h4-13H,3,14H2,1-2H3,(H,22,24)(H,23,25)/b13-6+. The van der Waals surface area contributed by atoms with Gasteiger partial charge in [-0.3, -0.25) is 20.4 Å². The molecule has 7 nitrogen and oxygen atoms in total. The summed E-state index contributed by atoms with van der Waals surface area (Å²) < 4.78 is 10.1. The zero-order valence-electron chi connectivity index (χ0n) is 15.7. The maximum Gasteiger partial charge on any atom is 0.337 e.